The van der Waals surface area contributed by atoms with Crippen molar-refractivity contribution >= 4 is 10.9 Å². The van der Waals surface area contributed by atoms with Crippen molar-refractivity contribution in [3.8, 4) is 0 Å². The van der Waals surface area contributed by atoms with Crippen LogP contribution in [-0.2, 0) is 12.8 Å². The van der Waals surface area contributed by atoms with Crippen LogP contribution in [-0.4, -0.2) is 4.98 Å². The maximum atomic E-state index is 3.55. The van der Waals surface area contributed by atoms with E-state index in [0.29, 0.717) is 0 Å². The number of nitrogens with one attached hydrogen (secondary N) is 1. The number of benzene rings is 1. The Kier molecular flexibility index (Phi) is 1.66. The highest BCUT2D eigenvalue weighted by molar-refractivity contribution is 5.84. The summed E-state index contributed by atoms with van der Waals surface area (Å²) < 4.78 is 0. The summed E-state index contributed by atoms with van der Waals surface area (Å²) in [5.74, 6) is 0.843. The number of hydrogen-bond acceptors (Lipinski definition) is 0. The normalized spacial score (nSPS) is 21.1. The first kappa shape index (κ1) is 8.10. The highest BCUT2D eigenvalue weighted by atomic mass is 14.7. The predicted molar refractivity (Wildman–Crippen MR) is 59.5 cm³/mol. The average Bonchev–Trinajstić information content (AvgIpc) is 2.54. The fourth-order valence-electron chi connectivity index (χ4n) is 2.56. The van der Waals surface area contributed by atoms with E-state index in [1.165, 1.54) is 35.9 Å². The molecular formula is C13H15N. The molecule has 1 aromatic carbocycles. The predicted octanol–water partition coefficient (Wildman–Crippen LogP) is 3.29. The molecule has 0 radical (unpaired) electrons. The van der Waals surface area contributed by atoms with Crippen molar-refractivity contribution in [1.29, 1.82) is 0 Å². The molecule has 1 aliphatic rings. The number of hydrogen-bond donors (Lipinski definition) is 1. The highest BCUT2D eigenvalue weighted by Gasteiger charge is 2.18. The van der Waals surface area contributed by atoms with Crippen LogP contribution in [0.3, 0.4) is 0 Å². The lowest BCUT2D eigenvalue weighted by molar-refractivity contribution is 0.497. The molecule has 1 atom stereocenters. The zero-order valence-corrected chi connectivity index (χ0v) is 8.51. The Bertz CT molecular complexity index is 467. The lowest BCUT2D eigenvalue weighted by Gasteiger charge is -2.17. The van der Waals surface area contributed by atoms with Crippen molar-refractivity contribution < 1.29 is 0 Å². The molecular weight excluding hydrogens is 170 g/mol. The summed E-state index contributed by atoms with van der Waals surface area (Å²) in [6, 6.07) is 8.65. The average molecular weight is 185 g/mol. The van der Waals surface area contributed by atoms with Crippen LogP contribution in [0.4, 0.5) is 0 Å². The van der Waals surface area contributed by atoms with Gasteiger partial charge in [0.05, 0.1) is 0 Å². The van der Waals surface area contributed by atoms with Gasteiger partial charge >= 0.3 is 0 Å². The van der Waals surface area contributed by atoms with Gasteiger partial charge in [0, 0.05) is 16.6 Å². The highest BCUT2D eigenvalue weighted by Crippen LogP contribution is 2.30. The van der Waals surface area contributed by atoms with Gasteiger partial charge in [0.2, 0.25) is 0 Å². The third kappa shape index (κ3) is 1.08. The van der Waals surface area contributed by atoms with E-state index in [9.17, 15) is 0 Å². The van der Waals surface area contributed by atoms with Gasteiger partial charge in [-0.05, 0) is 36.8 Å². The molecule has 3 rings (SSSR count). The lowest BCUT2D eigenvalue weighted by atomic mass is 9.88. The third-order valence-electron chi connectivity index (χ3n) is 3.34. The van der Waals surface area contributed by atoms with E-state index >= 15 is 0 Å². The van der Waals surface area contributed by atoms with Gasteiger partial charge in [0.1, 0.15) is 0 Å². The number of H-pyrrole nitrogens is 1. The largest absolute Gasteiger partial charge is 0.358 e. The molecule has 1 N–H and O–H groups in total. The molecule has 1 aromatic heterocycles. The van der Waals surface area contributed by atoms with Crippen LogP contribution in [0.5, 0.6) is 0 Å². The van der Waals surface area contributed by atoms with E-state index in [1.54, 1.807) is 5.56 Å². The summed E-state index contributed by atoms with van der Waals surface area (Å²) in [6.45, 7) is 2.34. The Balaban J connectivity index is 2.24. The molecule has 2 aromatic rings. The van der Waals surface area contributed by atoms with Crippen molar-refractivity contribution in [3.05, 3.63) is 35.5 Å². The molecule has 1 aliphatic carbocycles. The number of fused-ring (bicyclic) bond motifs is 3. The second-order valence-electron chi connectivity index (χ2n) is 4.48. The van der Waals surface area contributed by atoms with Gasteiger partial charge < -0.3 is 4.98 Å². The number of rotatable bonds is 0. The minimum Gasteiger partial charge on any atom is -0.358 e. The van der Waals surface area contributed by atoms with Crippen LogP contribution in [0.1, 0.15) is 24.6 Å². The van der Waals surface area contributed by atoms with Gasteiger partial charge in [-0.1, -0.05) is 25.1 Å². The summed E-state index contributed by atoms with van der Waals surface area (Å²) in [4.78, 5) is 3.55. The molecule has 0 unspecified atom stereocenters. The number of aryl methyl sites for hydroxylation is 1. The van der Waals surface area contributed by atoms with Gasteiger partial charge in [-0.2, -0.15) is 0 Å². The van der Waals surface area contributed by atoms with Crippen LogP contribution in [0.25, 0.3) is 10.9 Å². The zero-order chi connectivity index (χ0) is 9.54. The first-order valence-electron chi connectivity index (χ1n) is 5.43. The smallest absolute Gasteiger partial charge is 0.0458 e. The zero-order valence-electron chi connectivity index (χ0n) is 8.51. The fourth-order valence-corrected chi connectivity index (χ4v) is 2.56. The summed E-state index contributed by atoms with van der Waals surface area (Å²) in [6.07, 6.45) is 3.82. The van der Waals surface area contributed by atoms with E-state index in [0.717, 1.165) is 5.92 Å². The Morgan fingerprint density at radius 1 is 1.29 bits per heavy atom. The summed E-state index contributed by atoms with van der Waals surface area (Å²) in [5, 5.41) is 1.44. The topological polar surface area (TPSA) is 15.8 Å². The quantitative estimate of drug-likeness (QED) is 0.648. The number of para-hydroxylation sites is 1. The van der Waals surface area contributed by atoms with Crippen molar-refractivity contribution in [2.75, 3.05) is 0 Å². The van der Waals surface area contributed by atoms with E-state index in [1.807, 2.05) is 0 Å². The van der Waals surface area contributed by atoms with E-state index in [4.69, 9.17) is 0 Å². The van der Waals surface area contributed by atoms with Gasteiger partial charge in [-0.25, -0.2) is 0 Å². The second-order valence-corrected chi connectivity index (χ2v) is 4.48. The van der Waals surface area contributed by atoms with Crippen molar-refractivity contribution in [2.45, 2.75) is 26.2 Å². The summed E-state index contributed by atoms with van der Waals surface area (Å²) in [5.41, 5.74) is 4.36. The van der Waals surface area contributed by atoms with E-state index < -0.39 is 0 Å². The maximum Gasteiger partial charge on any atom is 0.0458 e. The second kappa shape index (κ2) is 2.88. The Morgan fingerprint density at radius 2 is 2.14 bits per heavy atom. The van der Waals surface area contributed by atoms with Gasteiger partial charge in [-0.3, -0.25) is 0 Å². The molecule has 1 nitrogen and oxygen atoms in total. The monoisotopic (exact) mass is 185 g/mol. The minimum atomic E-state index is 0.843. The molecule has 0 bridgehead atoms. The van der Waals surface area contributed by atoms with Crippen LogP contribution >= 0.6 is 0 Å². The Labute approximate surface area is 84.1 Å². The number of aromatic amines is 1. The molecule has 0 aliphatic heterocycles. The molecule has 0 saturated heterocycles. The van der Waals surface area contributed by atoms with Crippen LogP contribution in [0, 0.1) is 5.92 Å². The number of aromatic nitrogens is 1. The van der Waals surface area contributed by atoms with Crippen LogP contribution in [0.15, 0.2) is 24.3 Å². The van der Waals surface area contributed by atoms with Crippen molar-refractivity contribution in [3.63, 3.8) is 0 Å². The first-order valence-corrected chi connectivity index (χ1v) is 5.43. The van der Waals surface area contributed by atoms with E-state index in [-0.39, 0.29) is 0 Å². The van der Waals surface area contributed by atoms with Gasteiger partial charge in [-0.15, -0.1) is 0 Å². The van der Waals surface area contributed by atoms with Gasteiger partial charge in [0.15, 0.2) is 0 Å². The molecule has 1 heteroatoms. The van der Waals surface area contributed by atoms with Crippen molar-refractivity contribution in [2.24, 2.45) is 5.92 Å². The van der Waals surface area contributed by atoms with Crippen LogP contribution in [0.2, 0.25) is 0 Å². The molecule has 14 heavy (non-hydrogen) atoms. The fraction of sp³-hybridized carbons (Fsp3) is 0.385. The Morgan fingerprint density at radius 3 is 3.07 bits per heavy atom. The minimum absolute atomic E-state index is 0.843. The lowest BCUT2D eigenvalue weighted by Crippen LogP contribution is -2.09. The van der Waals surface area contributed by atoms with Crippen molar-refractivity contribution in [1.82, 2.24) is 4.98 Å². The molecule has 1 heterocycles. The van der Waals surface area contributed by atoms with E-state index in [2.05, 4.69) is 36.2 Å². The molecule has 0 spiro atoms. The third-order valence-corrected chi connectivity index (χ3v) is 3.34. The maximum absolute atomic E-state index is 3.55. The molecule has 0 amide bonds. The SMILES string of the molecule is C[C@@H]1CCc2c([nH]c3ccccc23)C1. The standard InChI is InChI=1S/C13H15N/c1-9-6-7-11-10-4-2-3-5-12(10)14-13(11)8-9/h2-5,9,14H,6-8H2,1H3/t9-/m1/s1. The summed E-state index contributed by atoms with van der Waals surface area (Å²) >= 11 is 0. The molecule has 0 fully saturated rings. The van der Waals surface area contributed by atoms with Crippen LogP contribution < -0.4 is 0 Å². The van der Waals surface area contributed by atoms with Gasteiger partial charge in [0.25, 0.3) is 0 Å². The molecule has 72 valence electrons. The summed E-state index contributed by atoms with van der Waals surface area (Å²) in [7, 11) is 0. The first-order chi connectivity index (χ1) is 6.84. The molecule has 0 saturated carbocycles. The Hall–Kier alpha value is -1.24.